The van der Waals surface area contributed by atoms with Crippen LogP contribution >= 0.6 is 11.3 Å². The Kier molecular flexibility index (Phi) is 6.70. The standard InChI is InChI=1S/C22H31N3O3S/c1-15(10-17-8-9-29-14-17)24-21(26)23-13-18(25(4)5)11-16-6-7-19-20(12-16)28-22(2,3)27-19/h6-9,12,14-15,18H,10-11,13H2,1-5H3,(H2,23,24,26). The third-order valence-corrected chi connectivity index (χ3v) is 5.65. The molecule has 3 rings (SSSR count). The molecular weight excluding hydrogens is 386 g/mol. The summed E-state index contributed by atoms with van der Waals surface area (Å²) in [6, 6.07) is 8.26. The van der Waals surface area contributed by atoms with Gasteiger partial charge in [-0.25, -0.2) is 4.79 Å². The van der Waals surface area contributed by atoms with Gasteiger partial charge in [0.15, 0.2) is 11.5 Å². The maximum atomic E-state index is 12.3. The summed E-state index contributed by atoms with van der Waals surface area (Å²) < 4.78 is 11.6. The number of likely N-dealkylation sites (N-methyl/N-ethyl adjacent to an activating group) is 1. The minimum Gasteiger partial charge on any atom is -0.449 e. The first-order valence-electron chi connectivity index (χ1n) is 9.94. The number of fused-ring (bicyclic) bond motifs is 1. The highest BCUT2D eigenvalue weighted by molar-refractivity contribution is 7.07. The average molecular weight is 418 g/mol. The summed E-state index contributed by atoms with van der Waals surface area (Å²) >= 11 is 1.68. The number of benzene rings is 1. The zero-order valence-corrected chi connectivity index (χ0v) is 18.6. The van der Waals surface area contributed by atoms with Crippen molar-refractivity contribution in [3.8, 4) is 11.5 Å². The van der Waals surface area contributed by atoms with Crippen LogP contribution in [0.3, 0.4) is 0 Å². The Labute approximate surface area is 177 Å². The number of nitrogens with zero attached hydrogens (tertiary/aromatic N) is 1. The molecule has 1 aliphatic heterocycles. The molecule has 2 aromatic rings. The van der Waals surface area contributed by atoms with Gasteiger partial charge in [-0.3, -0.25) is 0 Å². The van der Waals surface area contributed by atoms with Gasteiger partial charge in [-0.1, -0.05) is 6.07 Å². The molecule has 2 N–H and O–H groups in total. The average Bonchev–Trinajstić information content (AvgIpc) is 3.23. The van der Waals surface area contributed by atoms with Gasteiger partial charge in [0.1, 0.15) is 0 Å². The minimum atomic E-state index is -0.624. The number of carbonyl (C=O) groups is 1. The second-order valence-electron chi connectivity index (χ2n) is 8.30. The zero-order chi connectivity index (χ0) is 21.0. The molecule has 2 heterocycles. The van der Waals surface area contributed by atoms with Gasteiger partial charge < -0.3 is 25.0 Å². The number of thiophene rings is 1. The summed E-state index contributed by atoms with van der Waals surface area (Å²) in [7, 11) is 4.05. The Morgan fingerprint density at radius 1 is 1.14 bits per heavy atom. The van der Waals surface area contributed by atoms with E-state index in [0.717, 1.165) is 29.9 Å². The fourth-order valence-corrected chi connectivity index (χ4v) is 4.08. The molecule has 0 bridgehead atoms. The monoisotopic (exact) mass is 417 g/mol. The zero-order valence-electron chi connectivity index (χ0n) is 17.8. The molecule has 2 atom stereocenters. The fourth-order valence-electron chi connectivity index (χ4n) is 3.40. The summed E-state index contributed by atoms with van der Waals surface area (Å²) in [4.78, 5) is 14.4. The second-order valence-corrected chi connectivity index (χ2v) is 9.08. The molecule has 2 amide bonds. The van der Waals surface area contributed by atoms with Gasteiger partial charge in [-0.05, 0) is 73.9 Å². The maximum absolute atomic E-state index is 12.3. The summed E-state index contributed by atoms with van der Waals surface area (Å²) in [6.07, 6.45) is 1.64. The molecule has 0 radical (unpaired) electrons. The molecule has 1 aromatic carbocycles. The lowest BCUT2D eigenvalue weighted by Gasteiger charge is -2.25. The molecule has 1 aliphatic rings. The van der Waals surface area contributed by atoms with Crippen LogP contribution in [0.5, 0.6) is 11.5 Å². The summed E-state index contributed by atoms with van der Waals surface area (Å²) in [5.74, 6) is 0.927. The van der Waals surface area contributed by atoms with Gasteiger partial charge in [0.05, 0.1) is 0 Å². The molecule has 158 valence electrons. The highest BCUT2D eigenvalue weighted by Crippen LogP contribution is 2.39. The highest BCUT2D eigenvalue weighted by atomic mass is 32.1. The van der Waals surface area contributed by atoms with Crippen LogP contribution < -0.4 is 20.1 Å². The largest absolute Gasteiger partial charge is 0.449 e. The predicted molar refractivity (Wildman–Crippen MR) is 117 cm³/mol. The topological polar surface area (TPSA) is 62.8 Å². The minimum absolute atomic E-state index is 0.0830. The van der Waals surface area contributed by atoms with Crippen molar-refractivity contribution in [1.82, 2.24) is 15.5 Å². The molecule has 0 spiro atoms. The molecular formula is C22H31N3O3S. The lowest BCUT2D eigenvalue weighted by Crippen LogP contribution is -2.47. The highest BCUT2D eigenvalue weighted by Gasteiger charge is 2.31. The number of ether oxygens (including phenoxy) is 2. The van der Waals surface area contributed by atoms with Crippen molar-refractivity contribution < 1.29 is 14.3 Å². The van der Waals surface area contributed by atoms with Crippen molar-refractivity contribution in [2.75, 3.05) is 20.6 Å². The SMILES string of the molecule is CC(Cc1ccsc1)NC(=O)NCC(Cc1ccc2c(c1)OC(C)(C)O2)N(C)C. The first kappa shape index (κ1) is 21.5. The normalized spacial score (nSPS) is 16.5. The van der Waals surface area contributed by atoms with Crippen molar-refractivity contribution in [1.29, 1.82) is 0 Å². The lowest BCUT2D eigenvalue weighted by molar-refractivity contribution is -0.0431. The van der Waals surface area contributed by atoms with E-state index in [1.165, 1.54) is 5.56 Å². The quantitative estimate of drug-likeness (QED) is 0.688. The number of hydrogen-bond acceptors (Lipinski definition) is 5. The molecule has 29 heavy (non-hydrogen) atoms. The second kappa shape index (κ2) is 9.05. The van der Waals surface area contributed by atoms with E-state index in [-0.39, 0.29) is 18.1 Å². The van der Waals surface area contributed by atoms with Crippen LogP contribution in [0.2, 0.25) is 0 Å². The summed E-state index contributed by atoms with van der Waals surface area (Å²) in [6.45, 7) is 6.38. The Bertz CT molecular complexity index is 821. The predicted octanol–water partition coefficient (Wildman–Crippen LogP) is 3.66. The van der Waals surface area contributed by atoms with Crippen LogP contribution in [0.25, 0.3) is 0 Å². The van der Waals surface area contributed by atoms with E-state index in [0.29, 0.717) is 6.54 Å². The molecule has 7 heteroatoms. The van der Waals surface area contributed by atoms with E-state index in [9.17, 15) is 4.79 Å². The van der Waals surface area contributed by atoms with Crippen LogP contribution in [-0.2, 0) is 12.8 Å². The van der Waals surface area contributed by atoms with Gasteiger partial charge in [-0.15, -0.1) is 0 Å². The van der Waals surface area contributed by atoms with Crippen LogP contribution in [0.4, 0.5) is 4.79 Å². The number of rotatable bonds is 8. The van der Waals surface area contributed by atoms with Crippen molar-refractivity contribution in [3.05, 3.63) is 46.2 Å². The molecule has 0 saturated heterocycles. The van der Waals surface area contributed by atoms with Crippen molar-refractivity contribution in [2.45, 2.75) is 51.5 Å². The van der Waals surface area contributed by atoms with Gasteiger partial charge in [0.2, 0.25) is 5.79 Å². The number of carbonyl (C=O) groups excluding carboxylic acids is 1. The van der Waals surface area contributed by atoms with E-state index >= 15 is 0 Å². The number of nitrogens with one attached hydrogen (secondary N) is 2. The first-order chi connectivity index (χ1) is 13.7. The Balaban J connectivity index is 1.51. The van der Waals surface area contributed by atoms with E-state index in [1.807, 2.05) is 47.0 Å². The Hall–Kier alpha value is -2.25. The van der Waals surface area contributed by atoms with Gasteiger partial charge in [0, 0.05) is 32.5 Å². The molecule has 0 saturated carbocycles. The van der Waals surface area contributed by atoms with E-state index in [1.54, 1.807) is 11.3 Å². The lowest BCUT2D eigenvalue weighted by atomic mass is 10.0. The van der Waals surface area contributed by atoms with Crippen molar-refractivity contribution in [3.63, 3.8) is 0 Å². The summed E-state index contributed by atoms with van der Waals surface area (Å²) in [5.41, 5.74) is 2.40. The van der Waals surface area contributed by atoms with Crippen LogP contribution in [-0.4, -0.2) is 49.4 Å². The molecule has 1 aromatic heterocycles. The van der Waals surface area contributed by atoms with Crippen molar-refractivity contribution in [2.24, 2.45) is 0 Å². The van der Waals surface area contributed by atoms with Crippen LogP contribution in [0, 0.1) is 0 Å². The number of urea groups is 1. The smallest absolute Gasteiger partial charge is 0.315 e. The number of amides is 2. The first-order valence-corrected chi connectivity index (χ1v) is 10.9. The third kappa shape index (κ3) is 6.11. The summed E-state index contributed by atoms with van der Waals surface area (Å²) in [5, 5.41) is 10.2. The number of hydrogen-bond donors (Lipinski definition) is 2. The van der Waals surface area contributed by atoms with E-state index < -0.39 is 5.79 Å². The van der Waals surface area contributed by atoms with Crippen LogP contribution in [0.1, 0.15) is 31.9 Å². The molecule has 2 unspecified atom stereocenters. The van der Waals surface area contributed by atoms with Gasteiger partial charge >= 0.3 is 6.03 Å². The van der Waals surface area contributed by atoms with Crippen molar-refractivity contribution >= 4 is 17.4 Å². The van der Waals surface area contributed by atoms with E-state index in [4.69, 9.17) is 9.47 Å². The fraction of sp³-hybridized carbons (Fsp3) is 0.500. The maximum Gasteiger partial charge on any atom is 0.315 e. The Morgan fingerprint density at radius 2 is 1.90 bits per heavy atom. The van der Waals surface area contributed by atoms with Gasteiger partial charge in [0.25, 0.3) is 0 Å². The van der Waals surface area contributed by atoms with E-state index in [2.05, 4.69) is 38.4 Å². The molecule has 6 nitrogen and oxygen atoms in total. The molecule has 0 fully saturated rings. The van der Waals surface area contributed by atoms with Crippen LogP contribution in [0.15, 0.2) is 35.0 Å². The third-order valence-electron chi connectivity index (χ3n) is 4.92. The van der Waals surface area contributed by atoms with Gasteiger partial charge in [-0.2, -0.15) is 11.3 Å². The molecule has 0 aliphatic carbocycles. The Morgan fingerprint density at radius 3 is 2.59 bits per heavy atom.